The van der Waals surface area contributed by atoms with Gasteiger partial charge in [-0.05, 0) is 30.7 Å². The number of carbonyl (C=O) groups is 1. The normalized spacial score (nSPS) is 11.2. The maximum atomic E-state index is 12.2. The van der Waals surface area contributed by atoms with Crippen LogP contribution < -0.4 is 4.74 Å². The molecule has 128 valence electrons. The number of hydrogen-bond acceptors (Lipinski definition) is 3. The molecule has 5 nitrogen and oxygen atoms in total. The largest absolute Gasteiger partial charge is 0.435 e. The zero-order chi connectivity index (χ0) is 17.7. The number of carbonyl (C=O) groups excluding carboxylic acids is 1. The van der Waals surface area contributed by atoms with Crippen molar-refractivity contribution in [3.05, 3.63) is 53.4 Å². The SMILES string of the molecule is Cc1c(/C=C/C(=O)N(C)Cc2cccc(OC(F)F)c2)cnn1C. The number of aromatic nitrogens is 2. The second-order valence-corrected chi connectivity index (χ2v) is 5.36. The number of aryl methyl sites for hydroxylation is 1. The van der Waals surface area contributed by atoms with Crippen molar-refractivity contribution in [1.29, 1.82) is 0 Å². The van der Waals surface area contributed by atoms with Crippen LogP contribution in [0.25, 0.3) is 6.08 Å². The highest BCUT2D eigenvalue weighted by Gasteiger charge is 2.09. The average molecular weight is 335 g/mol. The Morgan fingerprint density at radius 2 is 2.21 bits per heavy atom. The van der Waals surface area contributed by atoms with E-state index in [1.54, 1.807) is 36.1 Å². The van der Waals surface area contributed by atoms with Crippen molar-refractivity contribution >= 4 is 12.0 Å². The van der Waals surface area contributed by atoms with Gasteiger partial charge in [0.1, 0.15) is 5.75 Å². The first-order valence-electron chi connectivity index (χ1n) is 7.32. The van der Waals surface area contributed by atoms with Crippen LogP contribution in [0, 0.1) is 6.92 Å². The van der Waals surface area contributed by atoms with E-state index in [1.165, 1.54) is 23.1 Å². The maximum absolute atomic E-state index is 12.2. The number of alkyl halides is 2. The second-order valence-electron chi connectivity index (χ2n) is 5.36. The minimum Gasteiger partial charge on any atom is -0.435 e. The standard InChI is InChI=1S/C17H19F2N3O2/c1-12-14(10-20-22(12)3)7-8-16(23)21(2)11-13-5-4-6-15(9-13)24-17(18)19/h4-10,17H,11H2,1-3H3/b8-7+. The van der Waals surface area contributed by atoms with E-state index in [9.17, 15) is 13.6 Å². The minimum absolute atomic E-state index is 0.0740. The van der Waals surface area contributed by atoms with E-state index >= 15 is 0 Å². The number of halogens is 2. The molecular weight excluding hydrogens is 316 g/mol. The molecule has 0 saturated carbocycles. The lowest BCUT2D eigenvalue weighted by atomic mass is 10.2. The van der Waals surface area contributed by atoms with E-state index in [-0.39, 0.29) is 18.2 Å². The van der Waals surface area contributed by atoms with Gasteiger partial charge in [-0.1, -0.05) is 12.1 Å². The molecule has 0 aliphatic rings. The van der Waals surface area contributed by atoms with Gasteiger partial charge in [0, 0.05) is 38.0 Å². The fraction of sp³-hybridized carbons (Fsp3) is 0.294. The summed E-state index contributed by atoms with van der Waals surface area (Å²) in [5.74, 6) is -0.122. The lowest BCUT2D eigenvalue weighted by molar-refractivity contribution is -0.125. The highest BCUT2D eigenvalue weighted by atomic mass is 19.3. The quantitative estimate of drug-likeness (QED) is 0.763. The summed E-state index contributed by atoms with van der Waals surface area (Å²) >= 11 is 0. The molecule has 2 rings (SSSR count). The van der Waals surface area contributed by atoms with Crippen LogP contribution in [0.4, 0.5) is 8.78 Å². The highest BCUT2D eigenvalue weighted by molar-refractivity contribution is 5.91. The number of likely N-dealkylation sites (N-methyl/N-ethyl adjacent to an activating group) is 1. The molecule has 0 spiro atoms. The molecule has 0 saturated heterocycles. The molecule has 24 heavy (non-hydrogen) atoms. The van der Waals surface area contributed by atoms with Crippen LogP contribution in [-0.4, -0.2) is 34.2 Å². The van der Waals surface area contributed by atoms with Crippen molar-refractivity contribution in [1.82, 2.24) is 14.7 Å². The van der Waals surface area contributed by atoms with Gasteiger partial charge in [-0.2, -0.15) is 13.9 Å². The Hall–Kier alpha value is -2.70. The average Bonchev–Trinajstić information content (AvgIpc) is 2.84. The molecule has 7 heteroatoms. The van der Waals surface area contributed by atoms with Crippen LogP contribution in [0.5, 0.6) is 5.75 Å². The molecule has 1 amide bonds. The van der Waals surface area contributed by atoms with E-state index in [2.05, 4.69) is 9.84 Å². The minimum atomic E-state index is -2.87. The Kier molecular flexibility index (Phi) is 5.68. The van der Waals surface area contributed by atoms with Crippen LogP contribution in [0.2, 0.25) is 0 Å². The number of amides is 1. The molecule has 0 aliphatic carbocycles. The van der Waals surface area contributed by atoms with Gasteiger partial charge in [-0.3, -0.25) is 9.48 Å². The molecule has 0 unspecified atom stereocenters. The Labute approximate surface area is 139 Å². The summed E-state index contributed by atoms with van der Waals surface area (Å²) in [7, 11) is 3.47. The molecular formula is C17H19F2N3O2. The third kappa shape index (κ3) is 4.65. The summed E-state index contributed by atoms with van der Waals surface area (Å²) in [6.45, 7) is -0.671. The fourth-order valence-corrected chi connectivity index (χ4v) is 2.14. The maximum Gasteiger partial charge on any atom is 0.387 e. The van der Waals surface area contributed by atoms with E-state index < -0.39 is 6.61 Å². The summed E-state index contributed by atoms with van der Waals surface area (Å²) in [5, 5.41) is 4.11. The molecule has 0 aliphatic heterocycles. The molecule has 2 aromatic rings. The van der Waals surface area contributed by atoms with Crippen molar-refractivity contribution in [2.75, 3.05) is 7.05 Å². The fourth-order valence-electron chi connectivity index (χ4n) is 2.14. The van der Waals surface area contributed by atoms with Crippen LogP contribution in [0.15, 0.2) is 36.5 Å². The lowest BCUT2D eigenvalue weighted by Crippen LogP contribution is -2.24. The number of nitrogens with zero attached hydrogens (tertiary/aromatic N) is 3. The number of benzene rings is 1. The van der Waals surface area contributed by atoms with Gasteiger partial charge >= 0.3 is 6.61 Å². The van der Waals surface area contributed by atoms with Gasteiger partial charge in [0.15, 0.2) is 0 Å². The van der Waals surface area contributed by atoms with Gasteiger partial charge in [-0.15, -0.1) is 0 Å². The number of rotatable bonds is 6. The van der Waals surface area contributed by atoms with Crippen molar-refractivity contribution < 1.29 is 18.3 Å². The first-order chi connectivity index (χ1) is 11.4. The molecule has 0 atom stereocenters. The Balaban J connectivity index is 2.00. The first-order valence-corrected chi connectivity index (χ1v) is 7.32. The van der Waals surface area contributed by atoms with Crippen LogP contribution in [0.3, 0.4) is 0 Å². The monoisotopic (exact) mass is 335 g/mol. The zero-order valence-electron chi connectivity index (χ0n) is 13.7. The molecule has 1 aromatic heterocycles. The third-order valence-electron chi connectivity index (χ3n) is 3.60. The summed E-state index contributed by atoms with van der Waals surface area (Å²) in [4.78, 5) is 13.7. The molecule has 0 bridgehead atoms. The number of ether oxygens (including phenoxy) is 1. The smallest absolute Gasteiger partial charge is 0.387 e. The zero-order valence-corrected chi connectivity index (χ0v) is 13.7. The first kappa shape index (κ1) is 17.7. The van der Waals surface area contributed by atoms with Crippen molar-refractivity contribution in [3.63, 3.8) is 0 Å². The van der Waals surface area contributed by atoms with Crippen molar-refractivity contribution in [2.45, 2.75) is 20.1 Å². The van der Waals surface area contributed by atoms with E-state index in [0.29, 0.717) is 5.56 Å². The van der Waals surface area contributed by atoms with Gasteiger partial charge in [0.25, 0.3) is 0 Å². The van der Waals surface area contributed by atoms with E-state index in [0.717, 1.165) is 11.3 Å². The predicted octanol–water partition coefficient (Wildman–Crippen LogP) is 3.00. The van der Waals surface area contributed by atoms with Gasteiger partial charge in [0.05, 0.1) is 6.20 Å². The summed E-state index contributed by atoms with van der Waals surface area (Å²) in [5.41, 5.74) is 2.53. The topological polar surface area (TPSA) is 47.4 Å². The number of hydrogen-bond donors (Lipinski definition) is 0. The Bertz CT molecular complexity index is 741. The van der Waals surface area contributed by atoms with Crippen molar-refractivity contribution in [3.8, 4) is 5.75 Å². The van der Waals surface area contributed by atoms with Crippen LogP contribution >= 0.6 is 0 Å². The van der Waals surface area contributed by atoms with Crippen LogP contribution in [0.1, 0.15) is 16.8 Å². The predicted molar refractivity (Wildman–Crippen MR) is 86.5 cm³/mol. The molecule has 1 heterocycles. The lowest BCUT2D eigenvalue weighted by Gasteiger charge is -2.16. The van der Waals surface area contributed by atoms with Gasteiger partial charge < -0.3 is 9.64 Å². The molecule has 1 aromatic carbocycles. The molecule has 0 N–H and O–H groups in total. The van der Waals surface area contributed by atoms with E-state index in [4.69, 9.17) is 0 Å². The van der Waals surface area contributed by atoms with Crippen LogP contribution in [-0.2, 0) is 18.4 Å². The second kappa shape index (κ2) is 7.72. The third-order valence-corrected chi connectivity index (χ3v) is 3.60. The Morgan fingerprint density at radius 3 is 2.83 bits per heavy atom. The summed E-state index contributed by atoms with van der Waals surface area (Å²) in [6.07, 6.45) is 4.85. The Morgan fingerprint density at radius 1 is 1.46 bits per heavy atom. The summed E-state index contributed by atoms with van der Waals surface area (Å²) in [6, 6.07) is 6.30. The molecule has 0 fully saturated rings. The molecule has 0 radical (unpaired) electrons. The van der Waals surface area contributed by atoms with Gasteiger partial charge in [0.2, 0.25) is 5.91 Å². The van der Waals surface area contributed by atoms with E-state index in [1.807, 2.05) is 14.0 Å². The van der Waals surface area contributed by atoms with Gasteiger partial charge in [-0.25, -0.2) is 0 Å². The van der Waals surface area contributed by atoms with Crippen molar-refractivity contribution in [2.24, 2.45) is 7.05 Å². The summed E-state index contributed by atoms with van der Waals surface area (Å²) < 4.78 is 30.6. The highest BCUT2D eigenvalue weighted by Crippen LogP contribution is 2.17.